The largest absolute Gasteiger partial charge is 0.501 e. The molecule has 8 rings (SSSR count). The molecule has 4 aromatic carbocycles. The number of furan rings is 1. The van der Waals surface area contributed by atoms with Crippen LogP contribution in [-0.2, 0) is 25.5 Å². The molecule has 0 saturated carbocycles. The van der Waals surface area contributed by atoms with Crippen LogP contribution in [0.1, 0.15) is 25.0 Å². The van der Waals surface area contributed by atoms with Gasteiger partial charge in [0.2, 0.25) is 0 Å². The Morgan fingerprint density at radius 2 is 1.46 bits per heavy atom. The average molecular weight is 707 g/mol. The van der Waals surface area contributed by atoms with Crippen LogP contribution in [0.25, 0.3) is 55.6 Å². The van der Waals surface area contributed by atoms with Crippen LogP contribution in [0.2, 0.25) is 0 Å². The molecule has 0 atom stereocenters. The van der Waals surface area contributed by atoms with Crippen molar-refractivity contribution in [3.8, 4) is 33.6 Å². The van der Waals surface area contributed by atoms with Gasteiger partial charge in [0.25, 0.3) is 0 Å². The summed E-state index contributed by atoms with van der Waals surface area (Å²) in [7, 11) is 0. The molecule has 1 aliphatic carbocycles. The van der Waals surface area contributed by atoms with Gasteiger partial charge in [-0.05, 0) is 40.2 Å². The maximum atomic E-state index is 6.20. The Kier molecular flexibility index (Phi) is 7.13. The second-order valence-corrected chi connectivity index (χ2v) is 10.5. The van der Waals surface area contributed by atoms with Crippen molar-refractivity contribution in [2.45, 2.75) is 19.3 Å². The molecular formula is C37H26IrN2O-2. The number of pyridine rings is 2. The van der Waals surface area contributed by atoms with Crippen molar-refractivity contribution in [3.05, 3.63) is 145 Å². The fraction of sp³-hybridized carbons (Fsp3) is 0.0811. The number of fused-ring (bicyclic) bond motifs is 6. The van der Waals surface area contributed by atoms with Gasteiger partial charge in [0.05, 0.1) is 5.58 Å². The molecule has 0 saturated heterocycles. The van der Waals surface area contributed by atoms with E-state index in [1.807, 2.05) is 72.9 Å². The Bertz CT molecular complexity index is 1940. The molecule has 201 valence electrons. The molecule has 7 aromatic rings. The van der Waals surface area contributed by atoms with Crippen LogP contribution in [0.15, 0.2) is 126 Å². The van der Waals surface area contributed by atoms with E-state index in [0.717, 1.165) is 44.5 Å². The molecule has 1 aliphatic rings. The molecule has 0 spiro atoms. The molecule has 0 amide bonds. The van der Waals surface area contributed by atoms with Gasteiger partial charge >= 0.3 is 0 Å². The fourth-order valence-corrected chi connectivity index (χ4v) is 5.69. The van der Waals surface area contributed by atoms with E-state index < -0.39 is 0 Å². The topological polar surface area (TPSA) is 38.9 Å². The molecular weight excluding hydrogens is 681 g/mol. The molecule has 0 bridgehead atoms. The number of nitrogens with zero attached hydrogens (tertiary/aromatic N) is 2. The first-order chi connectivity index (χ1) is 19.6. The molecule has 4 heteroatoms. The molecule has 0 unspecified atom stereocenters. The van der Waals surface area contributed by atoms with E-state index in [4.69, 9.17) is 9.40 Å². The quantitative estimate of drug-likeness (QED) is 0.168. The van der Waals surface area contributed by atoms with Gasteiger partial charge in [0, 0.05) is 48.9 Å². The standard InChI is InChI=1S/C26H18NO.C11H8N.Ir/c1-26(2)21-12-5-3-8-16(21)20-15-27-23(14-22(20)26)19-11-7-10-18-17-9-4-6-13-24(17)28-25(18)19;1-2-6-10(7-3-1)11-8-4-5-9-12-11;/h3-10,12-15H,1-2H3;1-6,8-9H;/q2*-1;. The first-order valence-corrected chi connectivity index (χ1v) is 13.4. The third-order valence-corrected chi connectivity index (χ3v) is 7.71. The summed E-state index contributed by atoms with van der Waals surface area (Å²) in [6, 6.07) is 43.2. The number of hydrogen-bond donors (Lipinski definition) is 0. The van der Waals surface area contributed by atoms with Crippen molar-refractivity contribution in [1.29, 1.82) is 0 Å². The van der Waals surface area contributed by atoms with Crippen LogP contribution < -0.4 is 0 Å². The van der Waals surface area contributed by atoms with E-state index in [2.05, 4.69) is 73.4 Å². The van der Waals surface area contributed by atoms with E-state index in [1.54, 1.807) is 6.20 Å². The zero-order valence-corrected chi connectivity index (χ0v) is 25.1. The van der Waals surface area contributed by atoms with Gasteiger partial charge in [-0.1, -0.05) is 85.5 Å². The summed E-state index contributed by atoms with van der Waals surface area (Å²) in [5, 5.41) is 2.23. The number of rotatable bonds is 2. The maximum Gasteiger partial charge on any atom is 0.120 e. The number of benzene rings is 4. The maximum absolute atomic E-state index is 6.20. The Balaban J connectivity index is 0.000000196. The number of hydrogen-bond acceptors (Lipinski definition) is 3. The average Bonchev–Trinajstić information content (AvgIpc) is 3.51. The van der Waals surface area contributed by atoms with Crippen molar-refractivity contribution in [1.82, 2.24) is 9.97 Å². The Morgan fingerprint density at radius 1 is 0.659 bits per heavy atom. The molecule has 1 radical (unpaired) electrons. The van der Waals surface area contributed by atoms with E-state index in [1.165, 1.54) is 22.3 Å². The van der Waals surface area contributed by atoms with Crippen molar-refractivity contribution < 1.29 is 24.5 Å². The minimum Gasteiger partial charge on any atom is -0.501 e. The summed E-state index contributed by atoms with van der Waals surface area (Å²) in [5.74, 6) is 0. The van der Waals surface area contributed by atoms with E-state index in [-0.39, 0.29) is 25.5 Å². The van der Waals surface area contributed by atoms with Crippen LogP contribution in [0.4, 0.5) is 0 Å². The SMILES string of the molecule is CC1(C)c2ccccc2-c2cnc(-c3[c-]ccc4c3oc3ccccc34)cc21.[Ir].[c-]1ccccc1-c1ccccn1. The second kappa shape index (κ2) is 10.9. The fourth-order valence-electron chi connectivity index (χ4n) is 5.69. The van der Waals surface area contributed by atoms with Crippen LogP contribution in [-0.4, -0.2) is 9.97 Å². The minimum absolute atomic E-state index is 0. The van der Waals surface area contributed by atoms with E-state index in [0.29, 0.717) is 0 Å². The molecule has 0 N–H and O–H groups in total. The molecule has 3 nitrogen and oxygen atoms in total. The van der Waals surface area contributed by atoms with Gasteiger partial charge in [-0.15, -0.1) is 54.1 Å². The molecule has 41 heavy (non-hydrogen) atoms. The van der Waals surface area contributed by atoms with Gasteiger partial charge in [-0.3, -0.25) is 0 Å². The van der Waals surface area contributed by atoms with Crippen LogP contribution >= 0.6 is 0 Å². The van der Waals surface area contributed by atoms with Crippen LogP contribution in [0.3, 0.4) is 0 Å². The van der Waals surface area contributed by atoms with Crippen molar-refractivity contribution >= 4 is 21.9 Å². The van der Waals surface area contributed by atoms with Crippen molar-refractivity contribution in [2.24, 2.45) is 0 Å². The summed E-state index contributed by atoms with van der Waals surface area (Å²) < 4.78 is 6.20. The smallest absolute Gasteiger partial charge is 0.120 e. The Hall–Kier alpha value is -4.37. The van der Waals surface area contributed by atoms with Gasteiger partial charge in [-0.25, -0.2) is 0 Å². The Labute approximate surface area is 253 Å². The summed E-state index contributed by atoms with van der Waals surface area (Å²) in [6.45, 7) is 4.57. The predicted octanol–water partition coefficient (Wildman–Crippen LogP) is 9.30. The van der Waals surface area contributed by atoms with Gasteiger partial charge in [0.1, 0.15) is 5.58 Å². The molecule has 0 fully saturated rings. The van der Waals surface area contributed by atoms with Crippen LogP contribution in [0, 0.1) is 12.1 Å². The minimum atomic E-state index is -0.0502. The zero-order chi connectivity index (χ0) is 27.1. The van der Waals surface area contributed by atoms with E-state index >= 15 is 0 Å². The van der Waals surface area contributed by atoms with Gasteiger partial charge in [0.15, 0.2) is 0 Å². The third-order valence-electron chi connectivity index (χ3n) is 7.71. The predicted molar refractivity (Wildman–Crippen MR) is 162 cm³/mol. The first-order valence-electron chi connectivity index (χ1n) is 13.4. The normalized spacial score (nSPS) is 12.6. The van der Waals surface area contributed by atoms with Crippen LogP contribution in [0.5, 0.6) is 0 Å². The Morgan fingerprint density at radius 3 is 2.29 bits per heavy atom. The monoisotopic (exact) mass is 707 g/mol. The van der Waals surface area contributed by atoms with E-state index in [9.17, 15) is 0 Å². The number of para-hydroxylation sites is 1. The molecule has 3 aromatic heterocycles. The van der Waals surface area contributed by atoms with Crippen molar-refractivity contribution in [3.63, 3.8) is 0 Å². The van der Waals surface area contributed by atoms with Gasteiger partial charge in [-0.2, -0.15) is 0 Å². The first kappa shape index (κ1) is 26.8. The summed E-state index contributed by atoms with van der Waals surface area (Å²) >= 11 is 0. The summed E-state index contributed by atoms with van der Waals surface area (Å²) in [4.78, 5) is 9.03. The molecule has 3 heterocycles. The van der Waals surface area contributed by atoms with Gasteiger partial charge < -0.3 is 14.4 Å². The van der Waals surface area contributed by atoms with Crippen molar-refractivity contribution in [2.75, 3.05) is 0 Å². The third kappa shape index (κ3) is 4.70. The number of aromatic nitrogens is 2. The second-order valence-electron chi connectivity index (χ2n) is 10.5. The summed E-state index contributed by atoms with van der Waals surface area (Å²) in [6.07, 6.45) is 3.80. The zero-order valence-electron chi connectivity index (χ0n) is 22.7. The molecule has 0 aliphatic heterocycles. The summed E-state index contributed by atoms with van der Waals surface area (Å²) in [5.41, 5.74) is 10.7.